The van der Waals surface area contributed by atoms with E-state index in [1.807, 2.05) is 24.3 Å². The van der Waals surface area contributed by atoms with Crippen LogP contribution in [0.15, 0.2) is 24.3 Å². The fourth-order valence-electron chi connectivity index (χ4n) is 2.26. The summed E-state index contributed by atoms with van der Waals surface area (Å²) in [6, 6.07) is 7.09. The predicted octanol–water partition coefficient (Wildman–Crippen LogP) is 1.49. The molecule has 23 heavy (non-hydrogen) atoms. The SMILES string of the molecule is CCCCCCc1cccc(NC(=O)[C@H]([NH3+])CC[P+](O)(O)O)c1. The van der Waals surface area contributed by atoms with Gasteiger partial charge in [-0.05, 0) is 30.5 Å². The molecule has 0 saturated heterocycles. The second kappa shape index (κ2) is 9.96. The zero-order chi connectivity index (χ0) is 17.3. The van der Waals surface area contributed by atoms with E-state index in [1.165, 1.54) is 24.8 Å². The average Bonchev–Trinajstić information content (AvgIpc) is 2.49. The number of carbonyl (C=O) groups excluding carboxylic acids is 1. The first-order chi connectivity index (χ1) is 10.8. The molecule has 0 aliphatic carbocycles. The topological polar surface area (TPSA) is 117 Å². The lowest BCUT2D eigenvalue weighted by Gasteiger charge is -2.11. The molecule has 6 nitrogen and oxygen atoms in total. The van der Waals surface area contributed by atoms with Crippen LogP contribution in [0.1, 0.15) is 44.6 Å². The molecule has 1 atom stereocenters. The molecule has 130 valence electrons. The minimum Gasteiger partial charge on any atom is -0.347 e. The van der Waals surface area contributed by atoms with E-state index in [9.17, 15) is 4.79 Å². The first kappa shape index (κ1) is 20.0. The summed E-state index contributed by atoms with van der Waals surface area (Å²) in [5.41, 5.74) is 5.61. The fraction of sp³-hybridized carbons (Fsp3) is 0.562. The largest absolute Gasteiger partial charge is 0.403 e. The number of anilines is 1. The third-order valence-electron chi connectivity index (χ3n) is 3.66. The van der Waals surface area contributed by atoms with E-state index >= 15 is 0 Å². The van der Waals surface area contributed by atoms with Crippen molar-refractivity contribution in [2.75, 3.05) is 11.5 Å². The normalized spacial score (nSPS) is 12.9. The van der Waals surface area contributed by atoms with Gasteiger partial charge in [-0.2, -0.15) is 14.7 Å². The standard InChI is InChI=1S/C16H27N2O4P/c1-2-3-4-5-7-13-8-6-9-14(12-13)18-16(19)15(17)10-11-23(20,21)22/h6,8-9,12,15,20-22H,2-5,7,10-11,17H2,1H3/p+2/t15-/m1/s1. The van der Waals surface area contributed by atoms with E-state index in [-0.39, 0.29) is 18.5 Å². The Balaban J connectivity index is 2.48. The molecular weight excluding hydrogens is 315 g/mol. The molecule has 0 aliphatic rings. The van der Waals surface area contributed by atoms with Gasteiger partial charge in [0, 0.05) is 5.69 Å². The van der Waals surface area contributed by atoms with Crippen molar-refractivity contribution in [3.8, 4) is 0 Å². The van der Waals surface area contributed by atoms with Crippen molar-refractivity contribution in [3.05, 3.63) is 29.8 Å². The molecule has 0 unspecified atom stereocenters. The minimum absolute atomic E-state index is 0.125. The van der Waals surface area contributed by atoms with Crippen LogP contribution in [-0.2, 0) is 11.2 Å². The van der Waals surface area contributed by atoms with E-state index in [2.05, 4.69) is 18.0 Å². The molecule has 0 bridgehead atoms. The van der Waals surface area contributed by atoms with Crippen molar-refractivity contribution < 1.29 is 25.2 Å². The van der Waals surface area contributed by atoms with Crippen LogP contribution in [0, 0.1) is 0 Å². The van der Waals surface area contributed by atoms with Gasteiger partial charge in [0.2, 0.25) is 0 Å². The van der Waals surface area contributed by atoms with Crippen molar-refractivity contribution in [1.29, 1.82) is 0 Å². The highest BCUT2D eigenvalue weighted by Crippen LogP contribution is 2.44. The number of hydrogen-bond acceptors (Lipinski definition) is 4. The molecule has 0 aliphatic heterocycles. The molecule has 1 aromatic carbocycles. The van der Waals surface area contributed by atoms with Gasteiger partial charge in [0.1, 0.15) is 6.16 Å². The Hall–Kier alpha value is -1.04. The van der Waals surface area contributed by atoms with Gasteiger partial charge in [-0.3, -0.25) is 4.79 Å². The molecule has 0 fully saturated rings. The van der Waals surface area contributed by atoms with Crippen LogP contribution in [-0.4, -0.2) is 32.8 Å². The van der Waals surface area contributed by atoms with Gasteiger partial charge < -0.3 is 11.1 Å². The van der Waals surface area contributed by atoms with Crippen LogP contribution < -0.4 is 11.1 Å². The Morgan fingerprint density at radius 2 is 2.00 bits per heavy atom. The highest BCUT2D eigenvalue weighted by Gasteiger charge is 2.32. The first-order valence-electron chi connectivity index (χ1n) is 8.11. The van der Waals surface area contributed by atoms with Gasteiger partial charge in [0.25, 0.3) is 5.91 Å². The Kier molecular flexibility index (Phi) is 8.66. The van der Waals surface area contributed by atoms with E-state index in [4.69, 9.17) is 14.7 Å². The molecule has 1 rings (SSSR count). The van der Waals surface area contributed by atoms with E-state index in [0.717, 1.165) is 18.5 Å². The highest BCUT2D eigenvalue weighted by atomic mass is 31.2. The predicted molar refractivity (Wildman–Crippen MR) is 92.7 cm³/mol. The highest BCUT2D eigenvalue weighted by molar-refractivity contribution is 7.58. The summed E-state index contributed by atoms with van der Waals surface area (Å²) in [5, 5.41) is 2.79. The van der Waals surface area contributed by atoms with Crippen molar-refractivity contribution in [3.63, 3.8) is 0 Å². The number of aryl methyl sites for hydroxylation is 1. The van der Waals surface area contributed by atoms with Gasteiger partial charge in [0.05, 0.1) is 6.42 Å². The first-order valence-corrected chi connectivity index (χ1v) is 9.94. The minimum atomic E-state index is -3.84. The van der Waals surface area contributed by atoms with E-state index in [0.29, 0.717) is 0 Å². The maximum Gasteiger partial charge on any atom is 0.403 e. The van der Waals surface area contributed by atoms with Crippen molar-refractivity contribution >= 4 is 19.5 Å². The van der Waals surface area contributed by atoms with E-state index in [1.54, 1.807) is 0 Å². The van der Waals surface area contributed by atoms with Crippen molar-refractivity contribution in [2.24, 2.45) is 0 Å². The number of unbranched alkanes of at least 4 members (excludes halogenated alkanes) is 3. The Morgan fingerprint density at radius 3 is 2.65 bits per heavy atom. The summed E-state index contributed by atoms with van der Waals surface area (Å²) >= 11 is 0. The molecule has 0 aromatic heterocycles. The summed E-state index contributed by atoms with van der Waals surface area (Å²) in [5.74, 6) is -0.290. The molecule has 0 saturated carbocycles. The second-order valence-corrected chi connectivity index (χ2v) is 7.73. The van der Waals surface area contributed by atoms with E-state index < -0.39 is 14.0 Å². The molecule has 7 N–H and O–H groups in total. The average molecular weight is 344 g/mol. The summed E-state index contributed by atoms with van der Waals surface area (Å²) < 4.78 is 0. The van der Waals surface area contributed by atoms with Crippen LogP contribution in [0.25, 0.3) is 0 Å². The number of benzene rings is 1. The monoisotopic (exact) mass is 344 g/mol. The number of amides is 1. The molecule has 1 amide bonds. The third-order valence-corrected chi connectivity index (χ3v) is 4.52. The Morgan fingerprint density at radius 1 is 1.26 bits per heavy atom. The fourth-order valence-corrected chi connectivity index (χ4v) is 2.92. The number of hydrogen-bond donors (Lipinski definition) is 5. The Bertz CT molecular complexity index is 491. The lowest BCUT2D eigenvalue weighted by atomic mass is 10.1. The molecular formula is C16H29N2O4P+2. The zero-order valence-corrected chi connectivity index (χ0v) is 14.6. The smallest absolute Gasteiger partial charge is 0.347 e. The summed E-state index contributed by atoms with van der Waals surface area (Å²) in [4.78, 5) is 38.9. The van der Waals surface area contributed by atoms with Crippen LogP contribution in [0.5, 0.6) is 0 Å². The molecule has 1 aromatic rings. The molecule has 0 heterocycles. The number of quaternary nitrogens is 1. The molecule has 0 radical (unpaired) electrons. The number of rotatable bonds is 10. The summed E-state index contributed by atoms with van der Waals surface area (Å²) in [6.07, 6.45) is 5.70. The van der Waals surface area contributed by atoms with Crippen molar-refractivity contribution in [1.82, 2.24) is 0 Å². The zero-order valence-electron chi connectivity index (χ0n) is 13.7. The van der Waals surface area contributed by atoms with Crippen molar-refractivity contribution in [2.45, 2.75) is 51.5 Å². The second-order valence-electron chi connectivity index (χ2n) is 5.90. The Labute approximate surface area is 138 Å². The molecule has 0 spiro atoms. The molecule has 7 heteroatoms. The van der Waals surface area contributed by atoms with Gasteiger partial charge in [-0.15, -0.1) is 0 Å². The number of nitrogens with one attached hydrogen (secondary N) is 1. The maximum absolute atomic E-state index is 12.0. The summed E-state index contributed by atoms with van der Waals surface area (Å²) in [6.45, 7) is 2.18. The van der Waals surface area contributed by atoms with Crippen LogP contribution in [0.3, 0.4) is 0 Å². The van der Waals surface area contributed by atoms with Gasteiger partial charge in [-0.25, -0.2) is 0 Å². The summed E-state index contributed by atoms with van der Waals surface area (Å²) in [7, 11) is -3.84. The van der Waals surface area contributed by atoms with Crippen LogP contribution in [0.2, 0.25) is 0 Å². The van der Waals surface area contributed by atoms with Gasteiger partial charge in [-0.1, -0.05) is 38.3 Å². The van der Waals surface area contributed by atoms with Gasteiger partial charge >= 0.3 is 7.94 Å². The van der Waals surface area contributed by atoms with Crippen LogP contribution >= 0.6 is 7.94 Å². The van der Waals surface area contributed by atoms with Gasteiger partial charge in [0.15, 0.2) is 6.04 Å². The lowest BCUT2D eigenvalue weighted by molar-refractivity contribution is -0.402. The quantitative estimate of drug-likeness (QED) is 0.326. The lowest BCUT2D eigenvalue weighted by Crippen LogP contribution is -2.66. The third kappa shape index (κ3) is 8.98. The van der Waals surface area contributed by atoms with Crippen LogP contribution in [0.4, 0.5) is 5.69 Å². The number of carbonyl (C=O) groups is 1. The maximum atomic E-state index is 12.0.